The van der Waals surface area contributed by atoms with Crippen molar-refractivity contribution in [1.29, 1.82) is 0 Å². The maximum atomic E-state index is 5.89. The first-order valence-corrected chi connectivity index (χ1v) is 5.64. The first-order chi connectivity index (χ1) is 8.27. The number of benzene rings is 1. The van der Waals surface area contributed by atoms with Gasteiger partial charge in [0.25, 0.3) is 0 Å². The van der Waals surface area contributed by atoms with E-state index in [1.54, 1.807) is 6.20 Å². The largest absolute Gasteiger partial charge is 0.487 e. The van der Waals surface area contributed by atoms with Crippen LogP contribution in [0.2, 0.25) is 0 Å². The molecule has 1 aromatic heterocycles. The quantitative estimate of drug-likeness (QED) is 0.875. The second kappa shape index (κ2) is 5.46. The van der Waals surface area contributed by atoms with Crippen LogP contribution in [0.5, 0.6) is 5.75 Å². The average Bonchev–Trinajstić information content (AvgIpc) is 2.38. The third-order valence-corrected chi connectivity index (χ3v) is 2.51. The zero-order valence-corrected chi connectivity index (χ0v) is 9.84. The molecule has 3 heteroatoms. The zero-order valence-electron chi connectivity index (χ0n) is 9.84. The summed E-state index contributed by atoms with van der Waals surface area (Å²) < 4.78 is 5.74. The first-order valence-electron chi connectivity index (χ1n) is 5.64. The Labute approximate surface area is 101 Å². The molecule has 0 unspecified atom stereocenters. The van der Waals surface area contributed by atoms with Crippen molar-refractivity contribution < 1.29 is 4.74 Å². The molecule has 2 N–H and O–H groups in total. The van der Waals surface area contributed by atoms with Gasteiger partial charge in [-0.2, -0.15) is 0 Å². The summed E-state index contributed by atoms with van der Waals surface area (Å²) in [5.41, 5.74) is 7.81. The third kappa shape index (κ3) is 3.04. The van der Waals surface area contributed by atoms with Crippen LogP contribution in [0.1, 0.15) is 24.2 Å². The molecular weight excluding hydrogens is 212 g/mol. The van der Waals surface area contributed by atoms with Gasteiger partial charge >= 0.3 is 0 Å². The molecule has 3 nitrogen and oxygen atoms in total. The Morgan fingerprint density at radius 1 is 1.18 bits per heavy atom. The molecule has 1 aromatic carbocycles. The van der Waals surface area contributed by atoms with Crippen LogP contribution in [0.15, 0.2) is 48.7 Å². The van der Waals surface area contributed by atoms with Gasteiger partial charge in [-0.05, 0) is 25.1 Å². The van der Waals surface area contributed by atoms with Gasteiger partial charge in [0.05, 0.1) is 5.69 Å². The molecule has 1 heterocycles. The van der Waals surface area contributed by atoms with Crippen molar-refractivity contribution in [3.8, 4) is 5.75 Å². The molecule has 0 radical (unpaired) electrons. The molecule has 0 spiro atoms. The van der Waals surface area contributed by atoms with Crippen LogP contribution in [0.4, 0.5) is 0 Å². The highest BCUT2D eigenvalue weighted by Gasteiger charge is 2.07. The van der Waals surface area contributed by atoms with Gasteiger partial charge in [0.2, 0.25) is 0 Å². The van der Waals surface area contributed by atoms with E-state index >= 15 is 0 Å². The second-order valence-electron chi connectivity index (χ2n) is 3.94. The SMILES string of the molecule is C[C@@H](N)c1ccccc1OCc1ccccn1. The van der Waals surface area contributed by atoms with Crippen molar-refractivity contribution in [3.63, 3.8) is 0 Å². The highest BCUT2D eigenvalue weighted by Crippen LogP contribution is 2.23. The molecule has 2 aromatic rings. The summed E-state index contributed by atoms with van der Waals surface area (Å²) in [6.45, 7) is 2.41. The molecule has 0 aliphatic carbocycles. The van der Waals surface area contributed by atoms with Gasteiger partial charge in [0.1, 0.15) is 12.4 Å². The molecule has 0 aliphatic rings. The molecule has 0 amide bonds. The maximum absolute atomic E-state index is 5.89. The lowest BCUT2D eigenvalue weighted by molar-refractivity contribution is 0.297. The van der Waals surface area contributed by atoms with Gasteiger partial charge in [0.15, 0.2) is 0 Å². The summed E-state index contributed by atoms with van der Waals surface area (Å²) in [7, 11) is 0. The van der Waals surface area contributed by atoms with Crippen molar-refractivity contribution in [1.82, 2.24) is 4.98 Å². The highest BCUT2D eigenvalue weighted by molar-refractivity contribution is 5.35. The van der Waals surface area contributed by atoms with E-state index in [9.17, 15) is 0 Å². The summed E-state index contributed by atoms with van der Waals surface area (Å²) >= 11 is 0. The smallest absolute Gasteiger partial charge is 0.130 e. The Bertz CT molecular complexity index is 469. The van der Waals surface area contributed by atoms with Crippen LogP contribution in [-0.4, -0.2) is 4.98 Å². The number of ether oxygens (including phenoxy) is 1. The summed E-state index contributed by atoms with van der Waals surface area (Å²) in [5, 5.41) is 0. The lowest BCUT2D eigenvalue weighted by atomic mass is 10.1. The Balaban J connectivity index is 2.09. The fraction of sp³-hybridized carbons (Fsp3) is 0.214. The number of hydrogen-bond acceptors (Lipinski definition) is 3. The normalized spacial score (nSPS) is 12.1. The van der Waals surface area contributed by atoms with E-state index in [4.69, 9.17) is 10.5 Å². The van der Waals surface area contributed by atoms with Crippen molar-refractivity contribution in [2.24, 2.45) is 5.73 Å². The van der Waals surface area contributed by atoms with Gasteiger partial charge in [-0.1, -0.05) is 24.3 Å². The van der Waals surface area contributed by atoms with Crippen molar-refractivity contribution >= 4 is 0 Å². The number of hydrogen-bond donors (Lipinski definition) is 1. The van der Waals surface area contributed by atoms with Gasteiger partial charge in [0, 0.05) is 17.8 Å². The first kappa shape index (κ1) is 11.6. The average molecular weight is 228 g/mol. The monoisotopic (exact) mass is 228 g/mol. The lowest BCUT2D eigenvalue weighted by Gasteiger charge is -2.13. The third-order valence-electron chi connectivity index (χ3n) is 2.51. The number of nitrogens with zero attached hydrogens (tertiary/aromatic N) is 1. The van der Waals surface area contributed by atoms with Gasteiger partial charge < -0.3 is 10.5 Å². The van der Waals surface area contributed by atoms with Gasteiger partial charge in [-0.15, -0.1) is 0 Å². The van der Waals surface area contributed by atoms with Crippen LogP contribution in [0, 0.1) is 0 Å². The summed E-state index contributed by atoms with van der Waals surface area (Å²) in [6.07, 6.45) is 1.76. The fourth-order valence-corrected chi connectivity index (χ4v) is 1.62. The minimum atomic E-state index is -0.0325. The van der Waals surface area contributed by atoms with E-state index in [2.05, 4.69) is 4.98 Å². The number of rotatable bonds is 4. The second-order valence-corrected chi connectivity index (χ2v) is 3.94. The Morgan fingerprint density at radius 3 is 2.65 bits per heavy atom. The van der Waals surface area contributed by atoms with Crippen LogP contribution in [0.25, 0.3) is 0 Å². The Morgan fingerprint density at radius 2 is 1.94 bits per heavy atom. The van der Waals surface area contributed by atoms with Crippen LogP contribution >= 0.6 is 0 Å². The van der Waals surface area contributed by atoms with E-state index < -0.39 is 0 Å². The van der Waals surface area contributed by atoms with E-state index in [1.165, 1.54) is 0 Å². The molecule has 2 rings (SSSR count). The fourth-order valence-electron chi connectivity index (χ4n) is 1.62. The number of para-hydroxylation sites is 1. The molecule has 0 aliphatic heterocycles. The summed E-state index contributed by atoms with van der Waals surface area (Å²) in [4.78, 5) is 4.21. The van der Waals surface area contributed by atoms with Crippen LogP contribution in [-0.2, 0) is 6.61 Å². The maximum Gasteiger partial charge on any atom is 0.130 e. The molecule has 0 bridgehead atoms. The topological polar surface area (TPSA) is 48.1 Å². The molecule has 1 atom stereocenters. The molecule has 0 saturated heterocycles. The predicted molar refractivity (Wildman–Crippen MR) is 67.6 cm³/mol. The van der Waals surface area contributed by atoms with Crippen LogP contribution < -0.4 is 10.5 Å². The minimum Gasteiger partial charge on any atom is -0.487 e. The highest BCUT2D eigenvalue weighted by atomic mass is 16.5. The predicted octanol–water partition coefficient (Wildman–Crippen LogP) is 2.68. The lowest BCUT2D eigenvalue weighted by Crippen LogP contribution is -2.08. The van der Waals surface area contributed by atoms with E-state index in [1.807, 2.05) is 49.4 Å². The standard InChI is InChI=1S/C14H16N2O/c1-11(15)13-7-2-3-8-14(13)17-10-12-6-4-5-9-16-12/h2-9,11H,10,15H2,1H3/t11-/m1/s1. The summed E-state index contributed by atoms with van der Waals surface area (Å²) in [5.74, 6) is 0.827. The van der Waals surface area contributed by atoms with Gasteiger partial charge in [-0.25, -0.2) is 0 Å². The van der Waals surface area contributed by atoms with Crippen molar-refractivity contribution in [2.45, 2.75) is 19.6 Å². The van der Waals surface area contributed by atoms with Gasteiger partial charge in [-0.3, -0.25) is 4.98 Å². The van der Waals surface area contributed by atoms with E-state index in [0.29, 0.717) is 6.61 Å². The Kier molecular flexibility index (Phi) is 3.73. The summed E-state index contributed by atoms with van der Waals surface area (Å²) in [6, 6.07) is 13.6. The van der Waals surface area contributed by atoms with Crippen molar-refractivity contribution in [3.05, 3.63) is 59.9 Å². The molecule has 0 fully saturated rings. The number of aromatic nitrogens is 1. The molecule has 17 heavy (non-hydrogen) atoms. The molecular formula is C14H16N2O. The Hall–Kier alpha value is -1.87. The molecule has 0 saturated carbocycles. The molecule has 88 valence electrons. The van der Waals surface area contributed by atoms with E-state index in [-0.39, 0.29) is 6.04 Å². The van der Waals surface area contributed by atoms with E-state index in [0.717, 1.165) is 17.0 Å². The van der Waals surface area contributed by atoms with Crippen LogP contribution in [0.3, 0.4) is 0 Å². The number of nitrogens with two attached hydrogens (primary N) is 1. The zero-order chi connectivity index (χ0) is 12.1. The minimum absolute atomic E-state index is 0.0325. The number of pyridine rings is 1. The van der Waals surface area contributed by atoms with Crippen molar-refractivity contribution in [2.75, 3.05) is 0 Å².